The molecule has 2 fully saturated rings. The molecule has 0 unspecified atom stereocenters. The van der Waals surface area contributed by atoms with Crippen LogP contribution in [0, 0.1) is 0 Å². The van der Waals surface area contributed by atoms with Crippen molar-refractivity contribution < 1.29 is 44.7 Å². The highest BCUT2D eigenvalue weighted by molar-refractivity contribution is 7.87. The average Bonchev–Trinajstić information content (AvgIpc) is 3.00. The molecule has 2 aliphatic heterocycles. The summed E-state index contributed by atoms with van der Waals surface area (Å²) < 4.78 is 87.4. The molecule has 0 spiro atoms. The molecular formula is C16H19F3O7S. The van der Waals surface area contributed by atoms with Crippen LogP contribution < -0.4 is 0 Å². The maximum atomic E-state index is 12.7. The lowest BCUT2D eigenvalue weighted by atomic mass is 10.1. The van der Waals surface area contributed by atoms with Gasteiger partial charge in [0.1, 0.15) is 18.3 Å². The van der Waals surface area contributed by atoms with Crippen LogP contribution >= 0.6 is 0 Å². The number of halogens is 3. The van der Waals surface area contributed by atoms with E-state index in [2.05, 4.69) is 4.18 Å². The van der Waals surface area contributed by atoms with Gasteiger partial charge in [-0.15, -0.1) is 0 Å². The van der Waals surface area contributed by atoms with Crippen molar-refractivity contribution in [3.8, 4) is 0 Å². The number of hydrogen-bond donors (Lipinski definition) is 0. The largest absolute Gasteiger partial charge is 0.523 e. The molecule has 1 aromatic rings. The fraction of sp³-hybridized carbons (Fsp3) is 0.625. The van der Waals surface area contributed by atoms with Crippen LogP contribution in [0.1, 0.15) is 19.4 Å². The van der Waals surface area contributed by atoms with Crippen molar-refractivity contribution in [2.45, 2.75) is 56.4 Å². The number of hydrogen-bond acceptors (Lipinski definition) is 7. The number of rotatable bonds is 6. The maximum Gasteiger partial charge on any atom is 0.523 e. The minimum Gasteiger partial charge on any atom is -0.374 e. The summed E-state index contributed by atoms with van der Waals surface area (Å²) in [5.74, 6) is -1.14. The van der Waals surface area contributed by atoms with E-state index in [0.717, 1.165) is 5.56 Å². The van der Waals surface area contributed by atoms with Crippen molar-refractivity contribution in [3.05, 3.63) is 35.9 Å². The fourth-order valence-electron chi connectivity index (χ4n) is 2.87. The number of ether oxygens (including phenoxy) is 4. The molecule has 2 heterocycles. The Morgan fingerprint density at radius 1 is 1.15 bits per heavy atom. The minimum atomic E-state index is -5.84. The standard InChI is InChI=1S/C16H19F3O7S/c1-15(2)24-13-12(26-27(20,21)16(17,18)19)11(23-14(13)25-15)9-22-8-10-6-4-3-5-7-10/h3-7,11-14H,8-9H2,1-2H3/t11-,12+,13-,14-/m0/s1. The van der Waals surface area contributed by atoms with Gasteiger partial charge in [0, 0.05) is 0 Å². The van der Waals surface area contributed by atoms with E-state index in [9.17, 15) is 21.6 Å². The third-order valence-electron chi connectivity index (χ3n) is 4.00. The highest BCUT2D eigenvalue weighted by Gasteiger charge is 2.59. The second-order valence-corrected chi connectivity index (χ2v) is 8.17. The topological polar surface area (TPSA) is 80.3 Å². The first-order valence-corrected chi connectivity index (χ1v) is 9.52. The fourth-order valence-corrected chi connectivity index (χ4v) is 3.50. The second-order valence-electron chi connectivity index (χ2n) is 6.60. The highest BCUT2D eigenvalue weighted by atomic mass is 32.2. The van der Waals surface area contributed by atoms with E-state index in [1.807, 2.05) is 6.07 Å². The first kappa shape index (κ1) is 20.5. The van der Waals surface area contributed by atoms with E-state index >= 15 is 0 Å². The van der Waals surface area contributed by atoms with Crippen LogP contribution in [0.3, 0.4) is 0 Å². The van der Waals surface area contributed by atoms with Gasteiger partial charge in [-0.1, -0.05) is 30.3 Å². The van der Waals surface area contributed by atoms with Crippen molar-refractivity contribution in [1.29, 1.82) is 0 Å². The molecule has 7 nitrogen and oxygen atoms in total. The third kappa shape index (κ3) is 4.61. The summed E-state index contributed by atoms with van der Waals surface area (Å²) in [6.07, 6.45) is -4.86. The number of alkyl halides is 3. The van der Waals surface area contributed by atoms with E-state index in [1.165, 1.54) is 13.8 Å². The van der Waals surface area contributed by atoms with Crippen molar-refractivity contribution in [2.24, 2.45) is 0 Å². The molecule has 0 saturated carbocycles. The molecule has 27 heavy (non-hydrogen) atoms. The molecule has 11 heteroatoms. The molecule has 2 aliphatic rings. The van der Waals surface area contributed by atoms with Crippen LogP contribution in [0.15, 0.2) is 30.3 Å². The smallest absolute Gasteiger partial charge is 0.374 e. The lowest BCUT2D eigenvalue weighted by Crippen LogP contribution is -2.42. The first-order chi connectivity index (χ1) is 12.5. The molecule has 0 amide bonds. The monoisotopic (exact) mass is 412 g/mol. The van der Waals surface area contributed by atoms with E-state index in [1.54, 1.807) is 24.3 Å². The molecule has 3 rings (SSSR count). The van der Waals surface area contributed by atoms with Crippen LogP contribution in [-0.4, -0.2) is 50.9 Å². The van der Waals surface area contributed by atoms with Crippen molar-refractivity contribution >= 4 is 10.1 Å². The zero-order valence-electron chi connectivity index (χ0n) is 14.5. The summed E-state index contributed by atoms with van der Waals surface area (Å²) >= 11 is 0. The predicted molar refractivity (Wildman–Crippen MR) is 84.6 cm³/mol. The molecule has 2 saturated heterocycles. The summed E-state index contributed by atoms with van der Waals surface area (Å²) in [5.41, 5.74) is -4.72. The Bertz CT molecular complexity index is 751. The van der Waals surface area contributed by atoms with E-state index in [4.69, 9.17) is 18.9 Å². The maximum absolute atomic E-state index is 12.7. The molecule has 0 aromatic heterocycles. The zero-order valence-corrected chi connectivity index (χ0v) is 15.3. The van der Waals surface area contributed by atoms with Crippen LogP contribution in [0.5, 0.6) is 0 Å². The molecular weight excluding hydrogens is 393 g/mol. The summed E-state index contributed by atoms with van der Waals surface area (Å²) in [4.78, 5) is 0. The molecule has 0 aliphatic carbocycles. The van der Waals surface area contributed by atoms with Gasteiger partial charge < -0.3 is 18.9 Å². The van der Waals surface area contributed by atoms with Gasteiger partial charge in [-0.2, -0.15) is 21.6 Å². The normalized spacial score (nSPS) is 30.4. The Morgan fingerprint density at radius 2 is 1.81 bits per heavy atom. The summed E-state index contributed by atoms with van der Waals surface area (Å²) in [6.45, 7) is 3.03. The van der Waals surface area contributed by atoms with Gasteiger partial charge in [0.2, 0.25) is 0 Å². The Labute approximate surface area is 154 Å². The molecule has 0 N–H and O–H groups in total. The lowest BCUT2D eigenvalue weighted by molar-refractivity contribution is -0.219. The Hall–Kier alpha value is -1.24. The lowest BCUT2D eigenvalue weighted by Gasteiger charge is -2.25. The average molecular weight is 412 g/mol. The third-order valence-corrected chi connectivity index (χ3v) is 5.04. The molecule has 4 atom stereocenters. The van der Waals surface area contributed by atoms with Crippen LogP contribution in [0.25, 0.3) is 0 Å². The van der Waals surface area contributed by atoms with Crippen molar-refractivity contribution in [1.82, 2.24) is 0 Å². The Kier molecular flexibility index (Phi) is 5.54. The molecule has 152 valence electrons. The minimum absolute atomic E-state index is 0.169. The van der Waals surface area contributed by atoms with Crippen molar-refractivity contribution in [2.75, 3.05) is 6.61 Å². The van der Waals surface area contributed by atoms with Gasteiger partial charge in [-0.3, -0.25) is 4.18 Å². The number of fused-ring (bicyclic) bond motifs is 1. The van der Waals surface area contributed by atoms with Gasteiger partial charge in [-0.25, -0.2) is 0 Å². The molecule has 0 radical (unpaired) electrons. The van der Waals surface area contributed by atoms with Gasteiger partial charge in [0.05, 0.1) is 13.2 Å². The summed E-state index contributed by atoms with van der Waals surface area (Å²) in [7, 11) is -5.84. The quantitative estimate of drug-likeness (QED) is 0.524. The van der Waals surface area contributed by atoms with Crippen LogP contribution in [0.4, 0.5) is 13.2 Å². The van der Waals surface area contributed by atoms with Gasteiger partial charge in [-0.05, 0) is 19.4 Å². The van der Waals surface area contributed by atoms with E-state index < -0.39 is 46.0 Å². The van der Waals surface area contributed by atoms with Gasteiger partial charge >= 0.3 is 15.6 Å². The first-order valence-electron chi connectivity index (χ1n) is 8.11. The van der Waals surface area contributed by atoms with Crippen LogP contribution in [0.2, 0.25) is 0 Å². The summed E-state index contributed by atoms with van der Waals surface area (Å²) in [6, 6.07) is 9.05. The van der Waals surface area contributed by atoms with Crippen LogP contribution in [-0.2, 0) is 39.9 Å². The van der Waals surface area contributed by atoms with Gasteiger partial charge in [0.25, 0.3) is 0 Å². The second kappa shape index (κ2) is 7.30. The zero-order chi connectivity index (χ0) is 19.9. The van der Waals surface area contributed by atoms with E-state index in [-0.39, 0.29) is 13.2 Å². The Balaban J connectivity index is 1.70. The molecule has 0 bridgehead atoms. The highest BCUT2D eigenvalue weighted by Crippen LogP contribution is 2.40. The molecule has 1 aromatic carbocycles. The van der Waals surface area contributed by atoms with Gasteiger partial charge in [0.15, 0.2) is 12.1 Å². The van der Waals surface area contributed by atoms with E-state index in [0.29, 0.717) is 0 Å². The SMILES string of the molecule is CC1(C)O[C@@H]2O[C@@H](COCc3ccccc3)[C@@H](OS(=O)(=O)C(F)(F)F)[C@@H]2O1. The summed E-state index contributed by atoms with van der Waals surface area (Å²) in [5, 5.41) is 0. The van der Waals surface area contributed by atoms with Crippen molar-refractivity contribution in [3.63, 3.8) is 0 Å². The number of benzene rings is 1. The predicted octanol–water partition coefficient (Wildman–Crippen LogP) is 2.31. The Morgan fingerprint density at radius 3 is 2.44 bits per heavy atom.